The average molecular weight is 370 g/mol. The molecule has 0 unspecified atom stereocenters. The first-order valence-electron chi connectivity index (χ1n) is 9.67. The number of ether oxygens (including phenoxy) is 1. The Hall–Kier alpha value is -2.40. The maximum Gasteiger partial charge on any atom is 0.138 e. The average Bonchev–Trinajstić information content (AvgIpc) is 2.65. The summed E-state index contributed by atoms with van der Waals surface area (Å²) in [4.78, 5) is 4.62. The molecular formula is C22H30N2O3. The number of benzene rings is 2. The molecule has 0 spiro atoms. The number of hydrogen-bond acceptors (Lipinski definition) is 5. The number of rotatable bonds is 6. The van der Waals surface area contributed by atoms with E-state index < -0.39 is 0 Å². The smallest absolute Gasteiger partial charge is 0.138 e. The number of anilines is 1. The molecule has 0 aliphatic carbocycles. The van der Waals surface area contributed by atoms with Crippen LogP contribution in [0.5, 0.6) is 17.2 Å². The van der Waals surface area contributed by atoms with Gasteiger partial charge < -0.3 is 19.8 Å². The van der Waals surface area contributed by atoms with Gasteiger partial charge in [0.25, 0.3) is 0 Å². The molecule has 5 nitrogen and oxygen atoms in total. The highest BCUT2D eigenvalue weighted by atomic mass is 16.5. The van der Waals surface area contributed by atoms with Crippen LogP contribution in [-0.2, 0) is 0 Å². The van der Waals surface area contributed by atoms with Crippen LogP contribution in [0.2, 0.25) is 0 Å². The van der Waals surface area contributed by atoms with Crippen LogP contribution in [0.4, 0.5) is 5.69 Å². The first-order chi connectivity index (χ1) is 13.0. The maximum atomic E-state index is 10.0. The third kappa shape index (κ3) is 4.66. The molecule has 1 saturated heterocycles. The van der Waals surface area contributed by atoms with Crippen molar-refractivity contribution < 1.29 is 14.9 Å². The van der Waals surface area contributed by atoms with Gasteiger partial charge in [-0.05, 0) is 42.7 Å². The number of para-hydroxylation sites is 2. The van der Waals surface area contributed by atoms with Gasteiger partial charge in [0.2, 0.25) is 0 Å². The summed E-state index contributed by atoms with van der Waals surface area (Å²) in [7, 11) is 0. The van der Waals surface area contributed by atoms with E-state index in [0.717, 1.165) is 55.3 Å². The van der Waals surface area contributed by atoms with Crippen molar-refractivity contribution in [1.82, 2.24) is 4.90 Å². The second-order valence-electron chi connectivity index (χ2n) is 7.50. The summed E-state index contributed by atoms with van der Waals surface area (Å²) in [6.07, 6.45) is 0. The second-order valence-corrected chi connectivity index (χ2v) is 7.50. The Morgan fingerprint density at radius 1 is 1.00 bits per heavy atom. The van der Waals surface area contributed by atoms with E-state index in [1.165, 1.54) is 0 Å². The van der Waals surface area contributed by atoms with Gasteiger partial charge in [0.15, 0.2) is 0 Å². The number of aryl methyl sites for hydroxylation is 1. The Kier molecular flexibility index (Phi) is 6.11. The van der Waals surface area contributed by atoms with E-state index in [9.17, 15) is 10.2 Å². The second kappa shape index (κ2) is 8.53. The molecule has 2 aromatic rings. The summed E-state index contributed by atoms with van der Waals surface area (Å²) in [6, 6.07) is 11.3. The van der Waals surface area contributed by atoms with Crippen molar-refractivity contribution in [3.8, 4) is 17.2 Å². The van der Waals surface area contributed by atoms with Gasteiger partial charge in [0.05, 0.1) is 5.69 Å². The lowest BCUT2D eigenvalue weighted by Crippen LogP contribution is -2.47. The number of nitrogens with zero attached hydrogens (tertiary/aromatic N) is 2. The van der Waals surface area contributed by atoms with Gasteiger partial charge in [-0.1, -0.05) is 26.0 Å². The maximum absolute atomic E-state index is 10.0. The van der Waals surface area contributed by atoms with Gasteiger partial charge in [-0.2, -0.15) is 0 Å². The van der Waals surface area contributed by atoms with Crippen LogP contribution < -0.4 is 9.64 Å². The molecule has 0 radical (unpaired) electrons. The lowest BCUT2D eigenvalue weighted by atomic mass is 10.00. The van der Waals surface area contributed by atoms with Crippen LogP contribution in [-0.4, -0.2) is 54.4 Å². The van der Waals surface area contributed by atoms with E-state index in [-0.39, 0.29) is 0 Å². The number of phenols is 2. The fourth-order valence-electron chi connectivity index (χ4n) is 3.49. The Morgan fingerprint density at radius 3 is 2.37 bits per heavy atom. The number of phenolic OH excluding ortho intramolecular Hbond substituents is 2. The molecule has 1 fully saturated rings. The fraction of sp³-hybridized carbons (Fsp3) is 0.455. The molecule has 5 heteroatoms. The molecule has 0 saturated carbocycles. The van der Waals surface area contributed by atoms with E-state index in [2.05, 4.69) is 23.6 Å². The first kappa shape index (κ1) is 19.4. The molecule has 2 aromatic carbocycles. The van der Waals surface area contributed by atoms with E-state index in [1.807, 2.05) is 37.3 Å². The Morgan fingerprint density at radius 2 is 1.70 bits per heavy atom. The zero-order valence-electron chi connectivity index (χ0n) is 16.5. The van der Waals surface area contributed by atoms with Crippen molar-refractivity contribution in [2.45, 2.75) is 26.7 Å². The highest BCUT2D eigenvalue weighted by molar-refractivity contribution is 5.57. The molecule has 1 aliphatic rings. The van der Waals surface area contributed by atoms with Gasteiger partial charge in [0, 0.05) is 38.3 Å². The molecule has 0 aromatic heterocycles. The molecular weight excluding hydrogens is 340 g/mol. The minimum absolute atomic E-state index is 0.300. The third-order valence-corrected chi connectivity index (χ3v) is 5.21. The van der Waals surface area contributed by atoms with Gasteiger partial charge in [0.1, 0.15) is 23.9 Å². The topological polar surface area (TPSA) is 56.2 Å². The molecule has 0 amide bonds. The SMILES string of the molecule is Cc1cc(OCCN2CCN(c3ccccc3O)CC2)c(C(C)C)cc1O. The van der Waals surface area contributed by atoms with Crippen molar-refractivity contribution in [2.75, 3.05) is 44.2 Å². The Bertz CT molecular complexity index is 768. The summed E-state index contributed by atoms with van der Waals surface area (Å²) in [6.45, 7) is 11.3. The summed E-state index contributed by atoms with van der Waals surface area (Å²) >= 11 is 0. The Labute approximate surface area is 161 Å². The van der Waals surface area contributed by atoms with E-state index >= 15 is 0 Å². The zero-order valence-corrected chi connectivity index (χ0v) is 16.5. The predicted molar refractivity (Wildman–Crippen MR) is 109 cm³/mol. The van der Waals surface area contributed by atoms with Gasteiger partial charge in [-0.3, -0.25) is 4.90 Å². The van der Waals surface area contributed by atoms with Crippen LogP contribution in [0.1, 0.15) is 30.9 Å². The molecule has 27 heavy (non-hydrogen) atoms. The predicted octanol–water partition coefficient (Wildman–Crippen LogP) is 3.73. The van der Waals surface area contributed by atoms with Crippen LogP contribution in [0, 0.1) is 6.92 Å². The molecule has 0 atom stereocenters. The molecule has 0 bridgehead atoms. The van der Waals surface area contributed by atoms with Gasteiger partial charge >= 0.3 is 0 Å². The normalized spacial score (nSPS) is 15.3. The first-order valence-corrected chi connectivity index (χ1v) is 9.67. The summed E-state index contributed by atoms with van der Waals surface area (Å²) in [5.41, 5.74) is 2.79. The molecule has 1 aliphatic heterocycles. The van der Waals surface area contributed by atoms with E-state index in [0.29, 0.717) is 24.0 Å². The van der Waals surface area contributed by atoms with Crippen LogP contribution in [0.25, 0.3) is 0 Å². The third-order valence-electron chi connectivity index (χ3n) is 5.21. The molecule has 2 N–H and O–H groups in total. The fourth-order valence-corrected chi connectivity index (χ4v) is 3.49. The van der Waals surface area contributed by atoms with Crippen molar-refractivity contribution in [2.24, 2.45) is 0 Å². The van der Waals surface area contributed by atoms with Crippen molar-refractivity contribution in [1.29, 1.82) is 0 Å². The highest BCUT2D eigenvalue weighted by Crippen LogP contribution is 2.33. The molecule has 146 valence electrons. The minimum atomic E-state index is 0.300. The van der Waals surface area contributed by atoms with Crippen molar-refractivity contribution >= 4 is 5.69 Å². The highest BCUT2D eigenvalue weighted by Gasteiger charge is 2.19. The Balaban J connectivity index is 1.51. The van der Waals surface area contributed by atoms with E-state index in [1.54, 1.807) is 6.07 Å². The summed E-state index contributed by atoms with van der Waals surface area (Å²) in [5, 5.41) is 20.0. The van der Waals surface area contributed by atoms with Crippen molar-refractivity contribution in [3.63, 3.8) is 0 Å². The molecule has 3 rings (SSSR count). The summed E-state index contributed by atoms with van der Waals surface area (Å²) in [5.74, 6) is 1.84. The number of piperazine rings is 1. The molecule has 1 heterocycles. The van der Waals surface area contributed by atoms with Gasteiger partial charge in [-0.25, -0.2) is 0 Å². The minimum Gasteiger partial charge on any atom is -0.508 e. The monoisotopic (exact) mass is 370 g/mol. The lowest BCUT2D eigenvalue weighted by Gasteiger charge is -2.36. The zero-order chi connectivity index (χ0) is 19.4. The van der Waals surface area contributed by atoms with Crippen LogP contribution >= 0.6 is 0 Å². The van der Waals surface area contributed by atoms with E-state index in [4.69, 9.17) is 4.74 Å². The van der Waals surface area contributed by atoms with Crippen molar-refractivity contribution in [3.05, 3.63) is 47.5 Å². The lowest BCUT2D eigenvalue weighted by molar-refractivity contribution is 0.199. The van der Waals surface area contributed by atoms with Gasteiger partial charge in [-0.15, -0.1) is 0 Å². The number of aromatic hydroxyl groups is 2. The number of hydrogen-bond donors (Lipinski definition) is 2. The quantitative estimate of drug-likeness (QED) is 0.811. The standard InChI is InChI=1S/C22H30N2O3/c1-16(2)18-15-21(26)17(3)14-22(18)27-13-12-23-8-10-24(11-9-23)19-6-4-5-7-20(19)25/h4-7,14-16,25-26H,8-13H2,1-3H3. The largest absolute Gasteiger partial charge is 0.508 e. The van der Waals surface area contributed by atoms with Crippen LogP contribution in [0.15, 0.2) is 36.4 Å². The van der Waals surface area contributed by atoms with Crippen LogP contribution in [0.3, 0.4) is 0 Å². The summed E-state index contributed by atoms with van der Waals surface area (Å²) < 4.78 is 6.06.